The molecule has 8 heteroatoms. The van der Waals surface area contributed by atoms with E-state index < -0.39 is 34.6 Å². The number of fused-ring (bicyclic) bond motifs is 1. The Hall–Kier alpha value is -2.69. The van der Waals surface area contributed by atoms with Gasteiger partial charge in [-0.25, -0.2) is 26.9 Å². The summed E-state index contributed by atoms with van der Waals surface area (Å²) in [7, 11) is 0. The van der Waals surface area contributed by atoms with Gasteiger partial charge in [0.2, 0.25) is 5.82 Å². The predicted octanol–water partition coefficient (Wildman–Crippen LogP) is 4.41. The zero-order chi connectivity index (χ0) is 19.2. The summed E-state index contributed by atoms with van der Waals surface area (Å²) in [6, 6.07) is 1.69. The number of hydrogen-bond acceptors (Lipinski definition) is 3. The first-order chi connectivity index (χ1) is 12.3. The van der Waals surface area contributed by atoms with Crippen LogP contribution in [0.25, 0.3) is 11.1 Å². The second-order valence-corrected chi connectivity index (χ2v) is 6.25. The van der Waals surface area contributed by atoms with Crippen LogP contribution in [0, 0.1) is 46.3 Å². The molecule has 0 saturated carbocycles. The van der Waals surface area contributed by atoms with Crippen molar-refractivity contribution in [3.8, 4) is 17.2 Å². The molecule has 136 valence electrons. The van der Waals surface area contributed by atoms with Gasteiger partial charge in [0.05, 0.1) is 5.56 Å². The molecule has 1 heterocycles. The largest absolute Gasteiger partial charge is 0.383 e. The first kappa shape index (κ1) is 18.1. The number of nitrogens with zero attached hydrogens (tertiary/aromatic N) is 2. The number of aromatic nitrogens is 1. The summed E-state index contributed by atoms with van der Waals surface area (Å²) in [5, 5.41) is 9.38. The van der Waals surface area contributed by atoms with Gasteiger partial charge in [-0.1, -0.05) is 13.3 Å². The van der Waals surface area contributed by atoms with Crippen molar-refractivity contribution in [3.63, 3.8) is 0 Å². The SMILES string of the molecule is CCC1CCc2nc(N)c(C#N)c(-c3c(F)c(F)c(F)c(F)c3F)c2C1. The molecule has 26 heavy (non-hydrogen) atoms. The zero-order valence-electron chi connectivity index (χ0n) is 13.8. The lowest BCUT2D eigenvalue weighted by molar-refractivity contribution is 0.381. The van der Waals surface area contributed by atoms with Gasteiger partial charge in [-0.15, -0.1) is 0 Å². The summed E-state index contributed by atoms with van der Waals surface area (Å²) in [5.41, 5.74) is 4.61. The molecule has 0 spiro atoms. The quantitative estimate of drug-likeness (QED) is 0.486. The molecule has 1 aliphatic rings. The fourth-order valence-corrected chi connectivity index (χ4v) is 3.41. The molecule has 3 rings (SSSR count). The highest BCUT2D eigenvalue weighted by Gasteiger charge is 2.33. The molecular weight excluding hydrogens is 353 g/mol. The van der Waals surface area contributed by atoms with E-state index in [0.29, 0.717) is 24.1 Å². The van der Waals surface area contributed by atoms with Gasteiger partial charge < -0.3 is 5.73 Å². The lowest BCUT2D eigenvalue weighted by Crippen LogP contribution is -2.19. The van der Waals surface area contributed by atoms with Crippen molar-refractivity contribution in [3.05, 3.63) is 45.9 Å². The van der Waals surface area contributed by atoms with Gasteiger partial charge in [-0.2, -0.15) is 5.26 Å². The number of nitrogens with two attached hydrogens (primary N) is 1. The van der Waals surface area contributed by atoms with Crippen LogP contribution in [0.2, 0.25) is 0 Å². The van der Waals surface area contributed by atoms with Gasteiger partial charge in [-0.05, 0) is 30.7 Å². The van der Waals surface area contributed by atoms with Crippen molar-refractivity contribution >= 4 is 5.82 Å². The Morgan fingerprint density at radius 3 is 2.15 bits per heavy atom. The minimum Gasteiger partial charge on any atom is -0.383 e. The van der Waals surface area contributed by atoms with Crippen LogP contribution in [0.4, 0.5) is 27.8 Å². The van der Waals surface area contributed by atoms with E-state index in [9.17, 15) is 27.2 Å². The number of nitriles is 1. The second kappa shape index (κ2) is 6.56. The summed E-state index contributed by atoms with van der Waals surface area (Å²) < 4.78 is 69.6. The standard InChI is InChI=1S/C18H14F5N3/c1-2-7-3-4-10-8(5-7)11(9(6-24)18(25)26-10)12-13(19)15(21)17(23)16(22)14(12)20/h7H,2-5H2,1H3,(H2,25,26). The number of rotatable bonds is 2. The molecule has 1 aromatic carbocycles. The molecular formula is C18H14F5N3. The highest BCUT2D eigenvalue weighted by Crippen LogP contribution is 2.41. The van der Waals surface area contributed by atoms with Crippen molar-refractivity contribution in [2.45, 2.75) is 32.6 Å². The fourth-order valence-electron chi connectivity index (χ4n) is 3.41. The van der Waals surface area contributed by atoms with Gasteiger partial charge in [0.25, 0.3) is 0 Å². The third-order valence-electron chi connectivity index (χ3n) is 4.84. The van der Waals surface area contributed by atoms with Crippen molar-refractivity contribution in [2.75, 3.05) is 5.73 Å². The molecule has 3 nitrogen and oxygen atoms in total. The van der Waals surface area contributed by atoms with E-state index >= 15 is 0 Å². The van der Waals surface area contributed by atoms with Crippen molar-refractivity contribution in [1.29, 1.82) is 5.26 Å². The fraction of sp³-hybridized carbons (Fsp3) is 0.333. The van der Waals surface area contributed by atoms with E-state index in [0.717, 1.165) is 12.8 Å². The number of hydrogen-bond donors (Lipinski definition) is 1. The maximum Gasteiger partial charge on any atom is 0.200 e. The monoisotopic (exact) mass is 367 g/mol. The van der Waals surface area contributed by atoms with Gasteiger partial charge in [0, 0.05) is 11.3 Å². The number of nitrogen functional groups attached to an aromatic ring is 1. The molecule has 2 aromatic rings. The average molecular weight is 367 g/mol. The Morgan fingerprint density at radius 1 is 1.04 bits per heavy atom. The molecule has 1 atom stereocenters. The normalized spacial score (nSPS) is 16.3. The van der Waals surface area contributed by atoms with E-state index in [2.05, 4.69) is 4.98 Å². The summed E-state index contributed by atoms with van der Waals surface area (Å²) in [4.78, 5) is 4.11. The van der Waals surface area contributed by atoms with Crippen LogP contribution in [0.5, 0.6) is 0 Å². The van der Waals surface area contributed by atoms with Crippen molar-refractivity contribution in [2.24, 2.45) is 5.92 Å². The van der Waals surface area contributed by atoms with E-state index in [1.165, 1.54) is 0 Å². The number of pyridine rings is 1. The van der Waals surface area contributed by atoms with Gasteiger partial charge in [0.15, 0.2) is 23.3 Å². The third-order valence-corrected chi connectivity index (χ3v) is 4.84. The smallest absolute Gasteiger partial charge is 0.200 e. The van der Waals surface area contributed by atoms with E-state index in [1.54, 1.807) is 6.07 Å². The minimum atomic E-state index is -2.25. The van der Waals surface area contributed by atoms with Crippen LogP contribution in [0.1, 0.15) is 36.6 Å². The Bertz CT molecular complexity index is 920. The Kier molecular flexibility index (Phi) is 4.57. The lowest BCUT2D eigenvalue weighted by Gasteiger charge is -2.26. The molecule has 1 aliphatic carbocycles. The highest BCUT2D eigenvalue weighted by atomic mass is 19.2. The topological polar surface area (TPSA) is 62.7 Å². The number of aryl methyl sites for hydroxylation is 1. The Balaban J connectivity index is 2.44. The molecule has 0 saturated heterocycles. The molecule has 0 amide bonds. The molecule has 0 bridgehead atoms. The van der Waals surface area contributed by atoms with Crippen molar-refractivity contribution in [1.82, 2.24) is 4.98 Å². The van der Waals surface area contributed by atoms with Crippen LogP contribution >= 0.6 is 0 Å². The van der Waals surface area contributed by atoms with Crippen molar-refractivity contribution < 1.29 is 22.0 Å². The molecule has 0 fully saturated rings. The van der Waals surface area contributed by atoms with Crippen LogP contribution in [-0.2, 0) is 12.8 Å². The summed E-state index contributed by atoms with van der Waals surface area (Å²) in [6.07, 6.45) is 2.30. The molecule has 1 aromatic heterocycles. The van der Waals surface area contributed by atoms with Gasteiger partial charge in [-0.3, -0.25) is 0 Å². The first-order valence-electron chi connectivity index (χ1n) is 8.04. The van der Waals surface area contributed by atoms with Crippen LogP contribution in [0.3, 0.4) is 0 Å². The average Bonchev–Trinajstić information content (AvgIpc) is 2.64. The van der Waals surface area contributed by atoms with Gasteiger partial charge in [0.1, 0.15) is 17.5 Å². The Morgan fingerprint density at radius 2 is 1.62 bits per heavy atom. The predicted molar refractivity (Wildman–Crippen MR) is 84.4 cm³/mol. The van der Waals surface area contributed by atoms with E-state index in [1.807, 2.05) is 6.92 Å². The van der Waals surface area contributed by atoms with Crippen LogP contribution in [0.15, 0.2) is 0 Å². The second-order valence-electron chi connectivity index (χ2n) is 6.25. The summed E-state index contributed by atoms with van der Waals surface area (Å²) >= 11 is 0. The van der Waals surface area contributed by atoms with Crippen LogP contribution in [-0.4, -0.2) is 4.98 Å². The maximum absolute atomic E-state index is 14.4. The number of halogens is 5. The van der Waals surface area contributed by atoms with Crippen LogP contribution < -0.4 is 5.73 Å². The molecule has 2 N–H and O–H groups in total. The minimum absolute atomic E-state index is 0.152. The summed E-state index contributed by atoms with van der Waals surface area (Å²) in [5.74, 6) is -10.5. The molecule has 0 radical (unpaired) electrons. The van der Waals surface area contributed by atoms with E-state index in [-0.39, 0.29) is 22.9 Å². The maximum atomic E-state index is 14.4. The Labute approximate surface area is 146 Å². The summed E-state index contributed by atoms with van der Waals surface area (Å²) in [6.45, 7) is 1.93. The molecule has 1 unspecified atom stereocenters. The van der Waals surface area contributed by atoms with E-state index in [4.69, 9.17) is 5.73 Å². The zero-order valence-corrected chi connectivity index (χ0v) is 13.8. The number of benzene rings is 1. The first-order valence-corrected chi connectivity index (χ1v) is 8.04. The highest BCUT2D eigenvalue weighted by molar-refractivity contribution is 5.80. The lowest BCUT2D eigenvalue weighted by atomic mass is 9.80. The third kappa shape index (κ3) is 2.59. The molecule has 0 aliphatic heterocycles. The number of anilines is 1. The van der Waals surface area contributed by atoms with Gasteiger partial charge >= 0.3 is 0 Å².